The molecule has 0 saturated carbocycles. The van der Waals surface area contributed by atoms with Gasteiger partial charge in [-0.3, -0.25) is 0 Å². The topological polar surface area (TPSA) is 77.5 Å². The average Bonchev–Trinajstić information content (AvgIpc) is 3.11. The molecule has 0 aliphatic carbocycles. The maximum absolute atomic E-state index is 5.66. The fraction of sp³-hybridized carbons (Fsp3) is 0.200. The molecule has 138 valence electrons. The number of fused-ring (bicyclic) bond motifs is 1. The second kappa shape index (κ2) is 7.41. The fourth-order valence-corrected chi connectivity index (χ4v) is 2.81. The third kappa shape index (κ3) is 3.87. The number of para-hydroxylation sites is 2. The molecule has 0 bridgehead atoms. The van der Waals surface area contributed by atoms with Crippen LogP contribution in [0.1, 0.15) is 12.7 Å². The first-order chi connectivity index (χ1) is 13.2. The van der Waals surface area contributed by atoms with Gasteiger partial charge >= 0.3 is 0 Å². The van der Waals surface area contributed by atoms with Gasteiger partial charge in [0.2, 0.25) is 6.79 Å². The second-order valence-corrected chi connectivity index (χ2v) is 5.93. The van der Waals surface area contributed by atoms with E-state index in [0.717, 1.165) is 28.6 Å². The molecule has 4 rings (SSSR count). The molecular formula is C20H20N4O3. The van der Waals surface area contributed by atoms with Gasteiger partial charge in [-0.25, -0.2) is 9.97 Å². The number of hydrogen-bond donors (Lipinski definition) is 2. The predicted octanol–water partition coefficient (Wildman–Crippen LogP) is 4.40. The summed E-state index contributed by atoms with van der Waals surface area (Å²) in [5.74, 6) is 4.25. The second-order valence-electron chi connectivity index (χ2n) is 5.93. The molecule has 0 amide bonds. The van der Waals surface area contributed by atoms with E-state index in [4.69, 9.17) is 14.2 Å². The summed E-state index contributed by atoms with van der Waals surface area (Å²) in [6.45, 7) is 4.65. The van der Waals surface area contributed by atoms with Crippen LogP contribution in [0.3, 0.4) is 0 Å². The van der Waals surface area contributed by atoms with Crippen LogP contribution in [-0.2, 0) is 0 Å². The SMILES string of the molecule is CCOc1ccccc1Nc1cc(Nc2ccc3c(c2)OCO3)nc(C)n1. The van der Waals surface area contributed by atoms with E-state index in [1.54, 1.807) is 0 Å². The predicted molar refractivity (Wildman–Crippen MR) is 104 cm³/mol. The van der Waals surface area contributed by atoms with Gasteiger partial charge in [-0.1, -0.05) is 12.1 Å². The van der Waals surface area contributed by atoms with Crippen LogP contribution in [0.4, 0.5) is 23.0 Å². The maximum Gasteiger partial charge on any atom is 0.231 e. The Morgan fingerprint density at radius 3 is 2.59 bits per heavy atom. The lowest BCUT2D eigenvalue weighted by Crippen LogP contribution is -2.03. The molecule has 1 aliphatic heterocycles. The van der Waals surface area contributed by atoms with Crippen molar-refractivity contribution in [3.63, 3.8) is 0 Å². The molecule has 2 heterocycles. The summed E-state index contributed by atoms with van der Waals surface area (Å²) >= 11 is 0. The molecule has 0 unspecified atom stereocenters. The zero-order valence-corrected chi connectivity index (χ0v) is 15.2. The molecule has 7 nitrogen and oxygen atoms in total. The lowest BCUT2D eigenvalue weighted by molar-refractivity contribution is 0.174. The van der Waals surface area contributed by atoms with Crippen LogP contribution in [0.2, 0.25) is 0 Å². The van der Waals surface area contributed by atoms with Crippen molar-refractivity contribution in [2.75, 3.05) is 24.0 Å². The van der Waals surface area contributed by atoms with Crippen LogP contribution in [0.15, 0.2) is 48.5 Å². The normalized spacial score (nSPS) is 11.9. The highest BCUT2D eigenvalue weighted by molar-refractivity contribution is 5.68. The largest absolute Gasteiger partial charge is 0.492 e. The Hall–Kier alpha value is -3.48. The molecule has 7 heteroatoms. The Labute approximate surface area is 157 Å². The van der Waals surface area contributed by atoms with Crippen LogP contribution < -0.4 is 24.8 Å². The highest BCUT2D eigenvalue weighted by Crippen LogP contribution is 2.35. The summed E-state index contributed by atoms with van der Waals surface area (Å²) < 4.78 is 16.4. The lowest BCUT2D eigenvalue weighted by Gasteiger charge is -2.13. The highest BCUT2D eigenvalue weighted by atomic mass is 16.7. The summed E-state index contributed by atoms with van der Waals surface area (Å²) in [4.78, 5) is 8.92. The first-order valence-electron chi connectivity index (χ1n) is 8.72. The number of benzene rings is 2. The number of nitrogens with one attached hydrogen (secondary N) is 2. The third-order valence-corrected chi connectivity index (χ3v) is 3.93. The number of anilines is 4. The van der Waals surface area contributed by atoms with Crippen LogP contribution >= 0.6 is 0 Å². The molecule has 0 radical (unpaired) electrons. The zero-order valence-electron chi connectivity index (χ0n) is 15.2. The number of rotatable bonds is 6. The van der Waals surface area contributed by atoms with Gasteiger partial charge in [0.1, 0.15) is 23.2 Å². The van der Waals surface area contributed by atoms with Gasteiger partial charge in [0.25, 0.3) is 0 Å². The number of aromatic nitrogens is 2. The van der Waals surface area contributed by atoms with Gasteiger partial charge < -0.3 is 24.8 Å². The van der Waals surface area contributed by atoms with Gasteiger partial charge in [0, 0.05) is 17.8 Å². The van der Waals surface area contributed by atoms with Gasteiger partial charge in [-0.2, -0.15) is 0 Å². The van der Waals surface area contributed by atoms with E-state index >= 15 is 0 Å². The first-order valence-corrected chi connectivity index (χ1v) is 8.72. The van der Waals surface area contributed by atoms with Crippen LogP contribution in [0, 0.1) is 6.92 Å². The van der Waals surface area contributed by atoms with E-state index in [1.807, 2.05) is 62.4 Å². The van der Waals surface area contributed by atoms with Crippen molar-refractivity contribution in [1.82, 2.24) is 9.97 Å². The van der Waals surface area contributed by atoms with Crippen molar-refractivity contribution >= 4 is 23.0 Å². The van der Waals surface area contributed by atoms with Crippen molar-refractivity contribution in [2.24, 2.45) is 0 Å². The Bertz CT molecular complexity index is 962. The van der Waals surface area contributed by atoms with Crippen molar-refractivity contribution < 1.29 is 14.2 Å². The molecule has 2 N–H and O–H groups in total. The summed E-state index contributed by atoms with van der Waals surface area (Å²) in [7, 11) is 0. The van der Waals surface area contributed by atoms with E-state index < -0.39 is 0 Å². The summed E-state index contributed by atoms with van der Waals surface area (Å²) in [5, 5.41) is 6.59. The van der Waals surface area contributed by atoms with E-state index in [1.165, 1.54) is 0 Å². The summed E-state index contributed by atoms with van der Waals surface area (Å²) in [5.41, 5.74) is 1.71. The van der Waals surface area contributed by atoms with E-state index in [9.17, 15) is 0 Å². The van der Waals surface area contributed by atoms with Crippen molar-refractivity contribution in [1.29, 1.82) is 0 Å². The quantitative estimate of drug-likeness (QED) is 0.671. The Morgan fingerprint density at radius 2 is 1.74 bits per heavy atom. The van der Waals surface area contributed by atoms with Crippen LogP contribution in [-0.4, -0.2) is 23.4 Å². The van der Waals surface area contributed by atoms with E-state index in [2.05, 4.69) is 20.6 Å². The highest BCUT2D eigenvalue weighted by Gasteiger charge is 2.14. The van der Waals surface area contributed by atoms with Crippen molar-refractivity contribution in [2.45, 2.75) is 13.8 Å². The fourth-order valence-electron chi connectivity index (χ4n) is 2.81. The monoisotopic (exact) mass is 364 g/mol. The smallest absolute Gasteiger partial charge is 0.231 e. The van der Waals surface area contributed by atoms with E-state index in [-0.39, 0.29) is 6.79 Å². The average molecular weight is 364 g/mol. The molecule has 0 atom stereocenters. The summed E-state index contributed by atoms with van der Waals surface area (Å²) in [6, 6.07) is 15.3. The summed E-state index contributed by atoms with van der Waals surface area (Å²) in [6.07, 6.45) is 0. The van der Waals surface area contributed by atoms with Crippen molar-refractivity contribution in [3.05, 3.63) is 54.4 Å². The van der Waals surface area contributed by atoms with Gasteiger partial charge in [0.15, 0.2) is 11.5 Å². The molecule has 0 fully saturated rings. The van der Waals surface area contributed by atoms with Crippen LogP contribution in [0.25, 0.3) is 0 Å². The number of nitrogens with zero attached hydrogens (tertiary/aromatic N) is 2. The maximum atomic E-state index is 5.66. The zero-order chi connectivity index (χ0) is 18.6. The van der Waals surface area contributed by atoms with Crippen molar-refractivity contribution in [3.8, 4) is 17.2 Å². The molecule has 0 spiro atoms. The third-order valence-electron chi connectivity index (χ3n) is 3.93. The number of hydrogen-bond acceptors (Lipinski definition) is 7. The number of ether oxygens (including phenoxy) is 3. The minimum Gasteiger partial charge on any atom is -0.492 e. The molecule has 27 heavy (non-hydrogen) atoms. The minimum atomic E-state index is 0.249. The molecule has 1 aliphatic rings. The minimum absolute atomic E-state index is 0.249. The Kier molecular flexibility index (Phi) is 4.65. The Morgan fingerprint density at radius 1 is 0.963 bits per heavy atom. The standard InChI is InChI=1S/C20H20N4O3/c1-3-25-16-7-5-4-6-15(16)24-20-11-19(21-13(2)22-20)23-14-8-9-17-18(10-14)27-12-26-17/h4-11H,3,12H2,1-2H3,(H2,21,22,23,24). The van der Waals surface area contributed by atoms with Gasteiger partial charge in [0.05, 0.1) is 12.3 Å². The number of aryl methyl sites for hydroxylation is 1. The lowest BCUT2D eigenvalue weighted by atomic mass is 10.2. The van der Waals surface area contributed by atoms with Gasteiger partial charge in [-0.05, 0) is 38.1 Å². The molecule has 0 saturated heterocycles. The van der Waals surface area contributed by atoms with Crippen LogP contribution in [0.5, 0.6) is 17.2 Å². The Balaban J connectivity index is 1.57. The first kappa shape index (κ1) is 17.0. The van der Waals surface area contributed by atoms with Gasteiger partial charge in [-0.15, -0.1) is 0 Å². The molecular weight excluding hydrogens is 344 g/mol. The molecule has 2 aromatic carbocycles. The molecule has 3 aromatic rings. The molecule has 1 aromatic heterocycles. The van der Waals surface area contributed by atoms with E-state index in [0.29, 0.717) is 24.1 Å².